The molecule has 1 amide bonds. The van der Waals surface area contributed by atoms with Crippen molar-refractivity contribution in [3.8, 4) is 11.5 Å². The number of carbonyl (C=O) groups excluding carboxylic acids is 1. The first-order chi connectivity index (χ1) is 20.0. The summed E-state index contributed by atoms with van der Waals surface area (Å²) in [6, 6.07) is 8.85. The molecule has 10 heteroatoms. The van der Waals surface area contributed by atoms with Crippen molar-refractivity contribution in [2.75, 3.05) is 38.6 Å². The molecule has 220 valence electrons. The molecule has 2 aromatic carbocycles. The Labute approximate surface area is 246 Å². The molecule has 0 unspecified atom stereocenters. The fourth-order valence-corrected chi connectivity index (χ4v) is 5.87. The van der Waals surface area contributed by atoms with E-state index < -0.39 is 5.82 Å². The first-order valence-electron chi connectivity index (χ1n) is 14.7. The molecule has 0 spiro atoms. The Bertz CT molecular complexity index is 1360. The Hall–Kier alpha value is -3.17. The van der Waals surface area contributed by atoms with E-state index in [0.29, 0.717) is 40.8 Å². The molecule has 2 heterocycles. The topological polar surface area (TPSA) is 79.8 Å². The molecule has 3 aromatic rings. The van der Waals surface area contributed by atoms with E-state index in [9.17, 15) is 9.18 Å². The smallest absolute Gasteiger partial charge is 0.236 e. The molecule has 2 aliphatic carbocycles. The summed E-state index contributed by atoms with van der Waals surface area (Å²) < 4.78 is 26.6. The van der Waals surface area contributed by atoms with Crippen molar-refractivity contribution >= 4 is 39.9 Å². The van der Waals surface area contributed by atoms with Crippen LogP contribution < -0.4 is 14.8 Å². The van der Waals surface area contributed by atoms with Crippen LogP contribution in [-0.4, -0.2) is 71.1 Å². The van der Waals surface area contributed by atoms with Crippen molar-refractivity contribution in [1.29, 1.82) is 0 Å². The molecular weight excluding hydrogens is 545 g/mol. The van der Waals surface area contributed by atoms with Crippen molar-refractivity contribution < 1.29 is 18.7 Å². The van der Waals surface area contributed by atoms with Gasteiger partial charge in [-0.15, -0.1) is 0 Å². The van der Waals surface area contributed by atoms with Crippen LogP contribution in [0.1, 0.15) is 52.4 Å². The minimum Gasteiger partial charge on any atom is -0.493 e. The molecule has 0 radical (unpaired) electrons. The lowest BCUT2D eigenvalue weighted by molar-refractivity contribution is -0.137. The van der Waals surface area contributed by atoms with Crippen molar-refractivity contribution in [2.45, 2.75) is 64.5 Å². The van der Waals surface area contributed by atoms with Gasteiger partial charge in [-0.25, -0.2) is 14.4 Å². The molecule has 1 saturated heterocycles. The average Bonchev–Trinajstić information content (AvgIpc) is 3.82. The molecule has 2 saturated carbocycles. The van der Waals surface area contributed by atoms with Crippen molar-refractivity contribution in [3.63, 3.8) is 0 Å². The van der Waals surface area contributed by atoms with Gasteiger partial charge in [-0.3, -0.25) is 9.69 Å². The second-order valence-electron chi connectivity index (χ2n) is 10.8. The number of nitrogens with one attached hydrogen (secondary N) is 1. The zero-order valence-electron chi connectivity index (χ0n) is 24.0. The lowest BCUT2D eigenvalue weighted by atomic mass is 9.91. The number of hydrogen-bond acceptors (Lipinski definition) is 7. The van der Waals surface area contributed by atoms with E-state index in [1.54, 1.807) is 19.2 Å². The fraction of sp³-hybridized carbons (Fsp3) is 0.516. The van der Waals surface area contributed by atoms with Gasteiger partial charge in [-0.05, 0) is 62.6 Å². The van der Waals surface area contributed by atoms with Gasteiger partial charge in [0, 0.05) is 37.1 Å². The van der Waals surface area contributed by atoms with Gasteiger partial charge < -0.3 is 19.7 Å². The van der Waals surface area contributed by atoms with Crippen LogP contribution in [0.15, 0.2) is 36.7 Å². The number of rotatable bonds is 8. The Morgan fingerprint density at radius 3 is 2.54 bits per heavy atom. The van der Waals surface area contributed by atoms with Crippen molar-refractivity contribution in [1.82, 2.24) is 19.8 Å². The Kier molecular flexibility index (Phi) is 9.45. The largest absolute Gasteiger partial charge is 0.493 e. The minimum absolute atomic E-state index is 0.0316. The number of halogens is 2. The maximum absolute atomic E-state index is 14.5. The Balaban J connectivity index is 0.00000165. The van der Waals surface area contributed by atoms with Gasteiger partial charge >= 0.3 is 0 Å². The molecule has 8 nitrogen and oxygen atoms in total. The molecule has 1 aliphatic heterocycles. The summed E-state index contributed by atoms with van der Waals surface area (Å²) in [6.45, 7) is 7.27. The van der Waals surface area contributed by atoms with Gasteiger partial charge in [0.1, 0.15) is 12.1 Å². The van der Waals surface area contributed by atoms with Gasteiger partial charge in [0.2, 0.25) is 5.91 Å². The van der Waals surface area contributed by atoms with Gasteiger partial charge in [0.05, 0.1) is 36.0 Å². The number of carbonyl (C=O) groups is 1. The van der Waals surface area contributed by atoms with Crippen LogP contribution in [0.4, 0.5) is 15.9 Å². The SMILES string of the molecule is CC.COc1cc2ncnc(Nc3cccc(Cl)c3F)c2cc1OC1CCC(N2CCN(CC3CC3)C(=O)C2)CC1. The van der Waals surface area contributed by atoms with Crippen LogP contribution >= 0.6 is 11.6 Å². The van der Waals surface area contributed by atoms with Crippen molar-refractivity contribution in [3.05, 3.63) is 47.5 Å². The fourth-order valence-electron chi connectivity index (χ4n) is 5.69. The number of nitrogens with zero attached hydrogens (tertiary/aromatic N) is 4. The lowest BCUT2D eigenvalue weighted by Crippen LogP contribution is -2.54. The summed E-state index contributed by atoms with van der Waals surface area (Å²) >= 11 is 5.96. The van der Waals surface area contributed by atoms with Crippen LogP contribution in [0.2, 0.25) is 5.02 Å². The van der Waals surface area contributed by atoms with Crippen LogP contribution in [-0.2, 0) is 4.79 Å². The number of methoxy groups -OCH3 is 1. The number of benzene rings is 2. The molecule has 0 bridgehead atoms. The summed E-state index contributed by atoms with van der Waals surface area (Å²) in [5.74, 6) is 2.09. The number of amides is 1. The highest BCUT2D eigenvalue weighted by molar-refractivity contribution is 6.31. The molecule has 41 heavy (non-hydrogen) atoms. The Morgan fingerprint density at radius 2 is 1.83 bits per heavy atom. The summed E-state index contributed by atoms with van der Waals surface area (Å²) in [7, 11) is 1.60. The van der Waals surface area contributed by atoms with Gasteiger partial charge in [0.25, 0.3) is 0 Å². The predicted molar refractivity (Wildman–Crippen MR) is 160 cm³/mol. The summed E-state index contributed by atoms with van der Waals surface area (Å²) in [5.41, 5.74) is 0.874. The third-order valence-corrected chi connectivity index (χ3v) is 8.39. The summed E-state index contributed by atoms with van der Waals surface area (Å²) in [6.07, 6.45) is 7.76. The molecule has 1 N–H and O–H groups in total. The van der Waals surface area contributed by atoms with Crippen LogP contribution in [0.3, 0.4) is 0 Å². The van der Waals surface area contributed by atoms with E-state index in [-0.39, 0.29) is 22.7 Å². The maximum atomic E-state index is 14.5. The normalized spacial score (nSPS) is 21.3. The molecule has 6 rings (SSSR count). The number of fused-ring (bicyclic) bond motifs is 1. The third-order valence-electron chi connectivity index (χ3n) is 8.10. The standard InChI is InChI=1S/C29H33ClFN5O3.C2H6/c1-38-25-14-24-21(29(33-17-32-24)34-23-4-2-3-22(30)28(23)31)13-26(25)39-20-9-7-19(8-10-20)35-11-12-36(27(37)16-35)15-18-5-6-18;1-2/h2-4,13-14,17-20H,5-12,15-16H2,1H3,(H,32,33,34);1-2H3. The molecule has 3 aliphatic rings. The van der Waals surface area contributed by atoms with Gasteiger partial charge in [0.15, 0.2) is 17.3 Å². The average molecular weight is 584 g/mol. The summed E-state index contributed by atoms with van der Waals surface area (Å²) in [4.78, 5) is 25.8. The second-order valence-corrected chi connectivity index (χ2v) is 11.2. The quantitative estimate of drug-likeness (QED) is 0.327. The molecular formula is C31H39ClFN5O3. The van der Waals surface area contributed by atoms with Crippen LogP contribution in [0.5, 0.6) is 11.5 Å². The maximum Gasteiger partial charge on any atom is 0.236 e. The highest BCUT2D eigenvalue weighted by Crippen LogP contribution is 2.38. The van der Waals surface area contributed by atoms with E-state index >= 15 is 0 Å². The highest BCUT2D eigenvalue weighted by atomic mass is 35.5. The number of piperazine rings is 1. The first kappa shape index (κ1) is 29.3. The number of aromatic nitrogens is 2. The minimum atomic E-state index is -0.543. The van der Waals surface area contributed by atoms with Crippen molar-refractivity contribution in [2.24, 2.45) is 5.92 Å². The molecule has 3 fully saturated rings. The van der Waals surface area contributed by atoms with E-state index in [0.717, 1.165) is 51.2 Å². The zero-order chi connectivity index (χ0) is 28.9. The predicted octanol–water partition coefficient (Wildman–Crippen LogP) is 6.44. The van der Waals surface area contributed by atoms with Crippen LogP contribution in [0.25, 0.3) is 10.9 Å². The highest BCUT2D eigenvalue weighted by Gasteiger charge is 2.34. The second kappa shape index (κ2) is 13.2. The zero-order valence-corrected chi connectivity index (χ0v) is 24.8. The number of hydrogen-bond donors (Lipinski definition) is 1. The van der Waals surface area contributed by atoms with E-state index in [1.165, 1.54) is 25.2 Å². The van der Waals surface area contributed by atoms with Gasteiger partial charge in [-0.2, -0.15) is 0 Å². The molecule has 1 aromatic heterocycles. The Morgan fingerprint density at radius 1 is 1.05 bits per heavy atom. The number of ether oxygens (including phenoxy) is 2. The summed E-state index contributed by atoms with van der Waals surface area (Å²) in [5, 5.41) is 3.76. The number of anilines is 2. The van der Waals surface area contributed by atoms with Gasteiger partial charge in [-0.1, -0.05) is 31.5 Å². The third kappa shape index (κ3) is 6.84. The lowest BCUT2D eigenvalue weighted by Gasteiger charge is -2.41. The van der Waals surface area contributed by atoms with E-state index in [1.807, 2.05) is 26.0 Å². The van der Waals surface area contributed by atoms with Crippen LogP contribution in [0, 0.1) is 11.7 Å². The molecule has 0 atom stereocenters. The first-order valence-corrected chi connectivity index (χ1v) is 15.1. The monoisotopic (exact) mass is 583 g/mol. The van der Waals surface area contributed by atoms with E-state index in [4.69, 9.17) is 21.1 Å². The van der Waals surface area contributed by atoms with E-state index in [2.05, 4.69) is 25.1 Å².